The molecular weight excluding hydrogens is 254 g/mol. The summed E-state index contributed by atoms with van der Waals surface area (Å²) in [6.45, 7) is 0. The van der Waals surface area contributed by atoms with Gasteiger partial charge in [-0.1, -0.05) is 36.4 Å². The van der Waals surface area contributed by atoms with Crippen LogP contribution in [0.25, 0.3) is 11.1 Å². The summed E-state index contributed by atoms with van der Waals surface area (Å²) >= 11 is 0. The minimum atomic E-state index is -0.647. The van der Waals surface area contributed by atoms with Gasteiger partial charge in [-0.3, -0.25) is 4.79 Å². The lowest BCUT2D eigenvalue weighted by molar-refractivity contribution is -0.142. The zero-order valence-electron chi connectivity index (χ0n) is 11.2. The number of carbonyl (C=O) groups excluding carboxylic acids is 1. The highest BCUT2D eigenvalue weighted by Gasteiger charge is 2.14. The highest BCUT2D eigenvalue weighted by molar-refractivity contribution is 5.75. The molecule has 0 amide bonds. The summed E-state index contributed by atoms with van der Waals surface area (Å²) in [6.07, 6.45) is 0.437. The summed E-state index contributed by atoms with van der Waals surface area (Å²) in [5.41, 5.74) is 8.62. The second kappa shape index (κ2) is 6.21. The lowest BCUT2D eigenvalue weighted by atomic mass is 10.0. The van der Waals surface area contributed by atoms with Crippen LogP contribution in [0, 0.1) is 0 Å². The zero-order valence-corrected chi connectivity index (χ0v) is 11.2. The number of rotatable bonds is 4. The van der Waals surface area contributed by atoms with E-state index in [2.05, 4.69) is 4.74 Å². The number of aromatic hydroxyl groups is 1. The van der Waals surface area contributed by atoms with Gasteiger partial charge in [-0.2, -0.15) is 0 Å². The molecule has 104 valence electrons. The second-order valence-electron chi connectivity index (χ2n) is 4.58. The van der Waals surface area contributed by atoms with Crippen molar-refractivity contribution in [1.29, 1.82) is 0 Å². The van der Waals surface area contributed by atoms with Gasteiger partial charge < -0.3 is 15.6 Å². The number of ether oxygens (including phenoxy) is 1. The first-order valence-corrected chi connectivity index (χ1v) is 6.32. The summed E-state index contributed by atoms with van der Waals surface area (Å²) in [4.78, 5) is 11.3. The molecule has 0 bridgehead atoms. The van der Waals surface area contributed by atoms with Crippen molar-refractivity contribution >= 4 is 5.97 Å². The van der Waals surface area contributed by atoms with Crippen molar-refractivity contribution in [2.45, 2.75) is 12.5 Å². The fraction of sp³-hybridized carbons (Fsp3) is 0.188. The molecule has 0 aliphatic carbocycles. The van der Waals surface area contributed by atoms with Gasteiger partial charge in [-0.05, 0) is 35.2 Å². The molecule has 1 atom stereocenters. The molecule has 2 aromatic carbocycles. The van der Waals surface area contributed by atoms with Crippen LogP contribution in [0.5, 0.6) is 5.75 Å². The van der Waals surface area contributed by atoms with Crippen molar-refractivity contribution in [2.75, 3.05) is 7.11 Å². The lowest BCUT2D eigenvalue weighted by Gasteiger charge is -2.10. The Bertz CT molecular complexity index is 593. The minimum absolute atomic E-state index is 0.235. The van der Waals surface area contributed by atoms with Crippen LogP contribution in [0.1, 0.15) is 5.56 Å². The molecule has 20 heavy (non-hydrogen) atoms. The van der Waals surface area contributed by atoms with Gasteiger partial charge in [-0.15, -0.1) is 0 Å². The molecule has 2 aromatic rings. The molecule has 0 aliphatic heterocycles. The number of benzene rings is 2. The van der Waals surface area contributed by atoms with Gasteiger partial charge in [0.05, 0.1) is 7.11 Å². The number of phenolic OH excluding ortho intramolecular Hbond substituents is 1. The Morgan fingerprint density at radius 1 is 1.20 bits per heavy atom. The Kier molecular flexibility index (Phi) is 4.38. The van der Waals surface area contributed by atoms with Crippen molar-refractivity contribution < 1.29 is 14.6 Å². The summed E-state index contributed by atoms with van der Waals surface area (Å²) in [7, 11) is 1.33. The van der Waals surface area contributed by atoms with E-state index in [0.29, 0.717) is 6.42 Å². The quantitative estimate of drug-likeness (QED) is 0.835. The van der Waals surface area contributed by atoms with E-state index in [-0.39, 0.29) is 5.75 Å². The van der Waals surface area contributed by atoms with Crippen molar-refractivity contribution in [3.63, 3.8) is 0 Å². The second-order valence-corrected chi connectivity index (χ2v) is 4.58. The Morgan fingerprint density at radius 2 is 1.90 bits per heavy atom. The van der Waals surface area contributed by atoms with Crippen LogP contribution in [0.2, 0.25) is 0 Å². The molecule has 1 unspecified atom stereocenters. The van der Waals surface area contributed by atoms with Crippen LogP contribution in [-0.2, 0) is 16.0 Å². The van der Waals surface area contributed by atoms with Crippen LogP contribution in [0.15, 0.2) is 48.5 Å². The first-order valence-electron chi connectivity index (χ1n) is 6.32. The maximum atomic E-state index is 11.3. The maximum Gasteiger partial charge on any atom is 0.322 e. The topological polar surface area (TPSA) is 72.5 Å². The molecule has 0 aliphatic rings. The SMILES string of the molecule is COC(=O)C(N)Cc1ccc(-c2cccc(O)c2)cc1. The van der Waals surface area contributed by atoms with Crippen LogP contribution >= 0.6 is 0 Å². The minimum Gasteiger partial charge on any atom is -0.508 e. The summed E-state index contributed by atoms with van der Waals surface area (Å²) in [6, 6.07) is 14.1. The van der Waals surface area contributed by atoms with E-state index < -0.39 is 12.0 Å². The number of hydrogen-bond acceptors (Lipinski definition) is 4. The molecule has 0 heterocycles. The van der Waals surface area contributed by atoms with E-state index in [4.69, 9.17) is 5.73 Å². The number of nitrogens with two attached hydrogens (primary N) is 1. The fourth-order valence-corrected chi connectivity index (χ4v) is 2.01. The summed E-state index contributed by atoms with van der Waals surface area (Å²) < 4.78 is 4.60. The first-order chi connectivity index (χ1) is 9.60. The van der Waals surface area contributed by atoms with E-state index in [1.54, 1.807) is 18.2 Å². The van der Waals surface area contributed by atoms with Gasteiger partial charge in [0.2, 0.25) is 0 Å². The van der Waals surface area contributed by atoms with Crippen molar-refractivity contribution in [1.82, 2.24) is 0 Å². The number of carbonyl (C=O) groups is 1. The van der Waals surface area contributed by atoms with E-state index in [9.17, 15) is 9.90 Å². The van der Waals surface area contributed by atoms with Gasteiger partial charge in [0, 0.05) is 0 Å². The molecule has 4 heteroatoms. The van der Waals surface area contributed by atoms with E-state index in [1.165, 1.54) is 7.11 Å². The van der Waals surface area contributed by atoms with Crippen molar-refractivity contribution in [2.24, 2.45) is 5.73 Å². The predicted octanol–water partition coefficient (Wildman–Crippen LogP) is 2.10. The van der Waals surface area contributed by atoms with E-state index >= 15 is 0 Å². The molecule has 4 nitrogen and oxygen atoms in total. The zero-order chi connectivity index (χ0) is 14.5. The maximum absolute atomic E-state index is 11.3. The third kappa shape index (κ3) is 3.36. The molecule has 0 aromatic heterocycles. The highest BCUT2D eigenvalue weighted by Crippen LogP contribution is 2.23. The summed E-state index contributed by atoms with van der Waals surface area (Å²) in [5.74, 6) is -0.179. The number of methoxy groups -OCH3 is 1. The first kappa shape index (κ1) is 14.1. The van der Waals surface area contributed by atoms with Gasteiger partial charge in [0.15, 0.2) is 0 Å². The van der Waals surface area contributed by atoms with Crippen LogP contribution < -0.4 is 5.73 Å². The Labute approximate surface area is 117 Å². The number of phenols is 1. The van der Waals surface area contributed by atoms with Gasteiger partial charge in [0.25, 0.3) is 0 Å². The van der Waals surface area contributed by atoms with E-state index in [1.807, 2.05) is 30.3 Å². The number of esters is 1. The normalized spacial score (nSPS) is 11.9. The standard InChI is InChI=1S/C16H17NO3/c1-20-16(19)15(17)9-11-5-7-12(8-6-11)13-3-2-4-14(18)10-13/h2-8,10,15,18H,9,17H2,1H3. The largest absolute Gasteiger partial charge is 0.508 e. The molecular formula is C16H17NO3. The molecule has 0 spiro atoms. The average Bonchev–Trinajstić information content (AvgIpc) is 2.47. The predicted molar refractivity (Wildman–Crippen MR) is 77.2 cm³/mol. The van der Waals surface area contributed by atoms with Crippen LogP contribution in [0.3, 0.4) is 0 Å². The number of hydrogen-bond donors (Lipinski definition) is 2. The van der Waals surface area contributed by atoms with Crippen molar-refractivity contribution in [3.05, 3.63) is 54.1 Å². The molecule has 0 fully saturated rings. The van der Waals surface area contributed by atoms with Crippen molar-refractivity contribution in [3.8, 4) is 16.9 Å². The highest BCUT2D eigenvalue weighted by atomic mass is 16.5. The van der Waals surface area contributed by atoms with Gasteiger partial charge in [0.1, 0.15) is 11.8 Å². The molecule has 3 N–H and O–H groups in total. The summed E-state index contributed by atoms with van der Waals surface area (Å²) in [5, 5.41) is 9.47. The Hall–Kier alpha value is -2.33. The third-order valence-corrected chi connectivity index (χ3v) is 3.09. The molecule has 0 saturated carbocycles. The molecule has 0 saturated heterocycles. The monoisotopic (exact) mass is 271 g/mol. The molecule has 2 rings (SSSR count). The van der Waals surface area contributed by atoms with Gasteiger partial charge in [-0.25, -0.2) is 0 Å². The fourth-order valence-electron chi connectivity index (χ4n) is 2.01. The Morgan fingerprint density at radius 3 is 2.50 bits per heavy atom. The third-order valence-electron chi connectivity index (χ3n) is 3.09. The van der Waals surface area contributed by atoms with Crippen LogP contribution in [-0.4, -0.2) is 24.2 Å². The Balaban J connectivity index is 2.12. The van der Waals surface area contributed by atoms with Crippen LogP contribution in [0.4, 0.5) is 0 Å². The lowest BCUT2D eigenvalue weighted by Crippen LogP contribution is -2.33. The smallest absolute Gasteiger partial charge is 0.322 e. The average molecular weight is 271 g/mol. The molecule has 0 radical (unpaired) electrons. The van der Waals surface area contributed by atoms with Gasteiger partial charge >= 0.3 is 5.97 Å². The van der Waals surface area contributed by atoms with E-state index in [0.717, 1.165) is 16.7 Å².